The predicted molar refractivity (Wildman–Crippen MR) is 36.5 cm³/mol. The van der Waals surface area contributed by atoms with Crippen LogP contribution in [0.1, 0.15) is 5.69 Å². The highest BCUT2D eigenvalue weighted by molar-refractivity contribution is 5.06. The molecule has 4 heteroatoms. The highest BCUT2D eigenvalue weighted by Crippen LogP contribution is 2.00. The topological polar surface area (TPSA) is 61.0 Å². The van der Waals surface area contributed by atoms with Crippen LogP contribution in [-0.2, 0) is 6.54 Å². The largest absolute Gasteiger partial charge is 0.480 e. The van der Waals surface area contributed by atoms with Gasteiger partial charge in [-0.15, -0.1) is 0 Å². The molecule has 1 aromatic rings. The summed E-state index contributed by atoms with van der Waals surface area (Å²) in [6, 6.07) is 0. The molecule has 0 aliphatic rings. The maximum Gasteiger partial charge on any atom is 0.231 e. The van der Waals surface area contributed by atoms with Crippen molar-refractivity contribution in [1.29, 1.82) is 0 Å². The Balaban J connectivity index is 2.80. The molecule has 1 heterocycles. The van der Waals surface area contributed by atoms with Gasteiger partial charge >= 0.3 is 0 Å². The van der Waals surface area contributed by atoms with Crippen LogP contribution >= 0.6 is 0 Å². The van der Waals surface area contributed by atoms with Crippen LogP contribution < -0.4 is 10.5 Å². The van der Waals surface area contributed by atoms with Gasteiger partial charge in [0.1, 0.15) is 0 Å². The molecule has 0 aliphatic heterocycles. The van der Waals surface area contributed by atoms with Gasteiger partial charge in [-0.05, 0) is 0 Å². The predicted octanol–water partition coefficient (Wildman–Crippen LogP) is -0.0561. The normalized spacial score (nSPS) is 9.40. The monoisotopic (exact) mass is 139 g/mol. The van der Waals surface area contributed by atoms with Gasteiger partial charge < -0.3 is 10.5 Å². The quantitative estimate of drug-likeness (QED) is 0.623. The number of methoxy groups -OCH3 is 1. The summed E-state index contributed by atoms with van der Waals surface area (Å²) in [5.41, 5.74) is 6.06. The van der Waals surface area contributed by atoms with E-state index >= 15 is 0 Å². The second-order valence-corrected chi connectivity index (χ2v) is 1.75. The molecular weight excluding hydrogens is 130 g/mol. The van der Waals surface area contributed by atoms with Crippen LogP contribution in [0.15, 0.2) is 12.4 Å². The minimum atomic E-state index is 0.414. The fraction of sp³-hybridized carbons (Fsp3) is 0.333. The van der Waals surface area contributed by atoms with E-state index in [2.05, 4.69) is 9.97 Å². The Hall–Kier alpha value is -1.16. The Bertz CT molecular complexity index is 174. The second-order valence-electron chi connectivity index (χ2n) is 1.75. The average Bonchev–Trinajstić information content (AvgIpc) is 2.05. The smallest absolute Gasteiger partial charge is 0.231 e. The molecule has 4 nitrogen and oxygen atoms in total. The minimum absolute atomic E-state index is 0.414. The first kappa shape index (κ1) is 6.95. The number of aromatic nitrogens is 2. The van der Waals surface area contributed by atoms with Crippen LogP contribution in [0.25, 0.3) is 0 Å². The third-order valence-electron chi connectivity index (χ3n) is 1.10. The van der Waals surface area contributed by atoms with E-state index < -0.39 is 0 Å². The van der Waals surface area contributed by atoms with E-state index in [4.69, 9.17) is 10.5 Å². The van der Waals surface area contributed by atoms with Gasteiger partial charge in [-0.2, -0.15) is 0 Å². The molecule has 0 saturated heterocycles. The molecule has 0 unspecified atom stereocenters. The molecule has 1 rings (SSSR count). The van der Waals surface area contributed by atoms with Crippen molar-refractivity contribution >= 4 is 0 Å². The molecule has 1 aromatic heterocycles. The third-order valence-corrected chi connectivity index (χ3v) is 1.10. The van der Waals surface area contributed by atoms with E-state index in [1.807, 2.05) is 0 Å². The van der Waals surface area contributed by atoms with Crippen LogP contribution in [0.5, 0.6) is 5.88 Å². The van der Waals surface area contributed by atoms with E-state index in [9.17, 15) is 0 Å². The van der Waals surface area contributed by atoms with Gasteiger partial charge in [0, 0.05) is 6.54 Å². The zero-order chi connectivity index (χ0) is 7.40. The van der Waals surface area contributed by atoms with Crippen molar-refractivity contribution in [3.8, 4) is 5.88 Å². The molecule has 0 spiro atoms. The van der Waals surface area contributed by atoms with E-state index in [1.165, 1.54) is 0 Å². The van der Waals surface area contributed by atoms with Crippen LogP contribution in [0.3, 0.4) is 0 Å². The lowest BCUT2D eigenvalue weighted by Crippen LogP contribution is -2.00. The lowest BCUT2D eigenvalue weighted by Gasteiger charge is -1.97. The fourth-order valence-electron chi connectivity index (χ4n) is 0.554. The lowest BCUT2D eigenvalue weighted by molar-refractivity contribution is 0.395. The van der Waals surface area contributed by atoms with Gasteiger partial charge in [0.2, 0.25) is 5.88 Å². The molecule has 0 fully saturated rings. The second kappa shape index (κ2) is 3.12. The van der Waals surface area contributed by atoms with Crippen molar-refractivity contribution in [2.24, 2.45) is 5.73 Å². The Kier molecular flexibility index (Phi) is 2.17. The molecule has 54 valence electrons. The summed E-state index contributed by atoms with van der Waals surface area (Å²) in [6.07, 6.45) is 3.14. The summed E-state index contributed by atoms with van der Waals surface area (Å²) < 4.78 is 4.80. The average molecular weight is 139 g/mol. The molecule has 0 radical (unpaired) electrons. The summed E-state index contributed by atoms with van der Waals surface area (Å²) >= 11 is 0. The standard InChI is InChI=1S/C6H9N3O/c1-10-6-4-8-5(2-7)3-9-6/h3-4H,2,7H2,1H3. The van der Waals surface area contributed by atoms with Crippen molar-refractivity contribution in [3.05, 3.63) is 18.1 Å². The van der Waals surface area contributed by atoms with E-state index in [0.717, 1.165) is 5.69 Å². The van der Waals surface area contributed by atoms with Gasteiger partial charge in [0.15, 0.2) is 0 Å². The van der Waals surface area contributed by atoms with Crippen molar-refractivity contribution in [3.63, 3.8) is 0 Å². The molecular formula is C6H9N3O. The van der Waals surface area contributed by atoms with Crippen LogP contribution in [0.4, 0.5) is 0 Å². The van der Waals surface area contributed by atoms with Crippen molar-refractivity contribution in [2.75, 3.05) is 7.11 Å². The van der Waals surface area contributed by atoms with Gasteiger partial charge in [-0.3, -0.25) is 4.98 Å². The van der Waals surface area contributed by atoms with Crippen LogP contribution in [0, 0.1) is 0 Å². The van der Waals surface area contributed by atoms with Gasteiger partial charge in [0.25, 0.3) is 0 Å². The maximum atomic E-state index is 5.30. The highest BCUT2D eigenvalue weighted by Gasteiger charge is 1.92. The number of ether oxygens (including phenoxy) is 1. The number of nitrogens with two attached hydrogens (primary N) is 1. The van der Waals surface area contributed by atoms with Gasteiger partial charge in [-0.1, -0.05) is 0 Å². The number of nitrogens with zero attached hydrogens (tertiary/aromatic N) is 2. The Labute approximate surface area is 59.1 Å². The summed E-state index contributed by atoms with van der Waals surface area (Å²) in [5, 5.41) is 0. The molecule has 0 amide bonds. The van der Waals surface area contributed by atoms with Crippen molar-refractivity contribution in [1.82, 2.24) is 9.97 Å². The molecule has 0 saturated carbocycles. The summed E-state index contributed by atoms with van der Waals surface area (Å²) in [4.78, 5) is 7.86. The molecule has 0 aromatic carbocycles. The lowest BCUT2D eigenvalue weighted by atomic mass is 10.5. The van der Waals surface area contributed by atoms with E-state index in [-0.39, 0.29) is 0 Å². The molecule has 2 N–H and O–H groups in total. The zero-order valence-corrected chi connectivity index (χ0v) is 5.74. The highest BCUT2D eigenvalue weighted by atomic mass is 16.5. The maximum absolute atomic E-state index is 5.30. The molecule has 0 aliphatic carbocycles. The first-order valence-corrected chi connectivity index (χ1v) is 2.92. The van der Waals surface area contributed by atoms with Crippen molar-refractivity contribution < 1.29 is 4.74 Å². The molecule has 10 heavy (non-hydrogen) atoms. The third kappa shape index (κ3) is 1.41. The summed E-state index contributed by atoms with van der Waals surface area (Å²) in [5.74, 6) is 0.511. The van der Waals surface area contributed by atoms with Crippen LogP contribution in [0.2, 0.25) is 0 Å². The van der Waals surface area contributed by atoms with Gasteiger partial charge in [0.05, 0.1) is 25.2 Å². The van der Waals surface area contributed by atoms with Crippen LogP contribution in [-0.4, -0.2) is 17.1 Å². The van der Waals surface area contributed by atoms with Gasteiger partial charge in [-0.25, -0.2) is 4.98 Å². The fourth-order valence-corrected chi connectivity index (χ4v) is 0.554. The number of hydrogen-bond acceptors (Lipinski definition) is 4. The first-order valence-electron chi connectivity index (χ1n) is 2.92. The summed E-state index contributed by atoms with van der Waals surface area (Å²) in [6.45, 7) is 0.414. The molecule has 0 atom stereocenters. The summed E-state index contributed by atoms with van der Waals surface area (Å²) in [7, 11) is 1.55. The minimum Gasteiger partial charge on any atom is -0.480 e. The number of hydrogen-bond donors (Lipinski definition) is 1. The first-order chi connectivity index (χ1) is 4.86. The zero-order valence-electron chi connectivity index (χ0n) is 5.74. The number of rotatable bonds is 2. The Morgan fingerprint density at radius 2 is 2.30 bits per heavy atom. The SMILES string of the molecule is COc1cnc(CN)cn1. The van der Waals surface area contributed by atoms with Crippen molar-refractivity contribution in [2.45, 2.75) is 6.54 Å². The Morgan fingerprint density at radius 3 is 2.70 bits per heavy atom. The van der Waals surface area contributed by atoms with E-state index in [0.29, 0.717) is 12.4 Å². The molecule has 0 bridgehead atoms. The Morgan fingerprint density at radius 1 is 1.50 bits per heavy atom. The van der Waals surface area contributed by atoms with E-state index in [1.54, 1.807) is 19.5 Å².